The number of carboxylic acid groups (broad SMARTS) is 1. The van der Waals surface area contributed by atoms with E-state index in [0.29, 0.717) is 0 Å². The first-order chi connectivity index (χ1) is 6.26. The second kappa shape index (κ2) is 3.42. The predicted molar refractivity (Wildman–Crippen MR) is 42.6 cm³/mol. The van der Waals surface area contributed by atoms with Gasteiger partial charge >= 0.3 is 12.1 Å². The second-order valence-corrected chi connectivity index (χ2v) is 3.80. The van der Waals surface area contributed by atoms with Crippen LogP contribution in [-0.4, -0.2) is 22.8 Å². The molecular weight excluding hydrogens is 199 g/mol. The van der Waals surface area contributed by atoms with Gasteiger partial charge in [0.25, 0.3) is 0 Å². The summed E-state index contributed by atoms with van der Waals surface area (Å²) in [6.45, 7) is 0. The van der Waals surface area contributed by atoms with Crippen LogP contribution >= 0.6 is 0 Å². The molecule has 0 aromatic heterocycles. The highest BCUT2D eigenvalue weighted by Crippen LogP contribution is 2.40. The van der Waals surface area contributed by atoms with Gasteiger partial charge in [0.1, 0.15) is 5.54 Å². The zero-order chi connectivity index (χ0) is 11.0. The molecule has 14 heavy (non-hydrogen) atoms. The number of nitrogens with two attached hydrogens (primary N) is 1. The minimum Gasteiger partial charge on any atom is -0.480 e. The Kier molecular flexibility index (Phi) is 2.76. The molecule has 0 heterocycles. The van der Waals surface area contributed by atoms with Crippen molar-refractivity contribution in [1.29, 1.82) is 0 Å². The highest BCUT2D eigenvalue weighted by atomic mass is 19.4. The van der Waals surface area contributed by atoms with Gasteiger partial charge in [-0.2, -0.15) is 13.2 Å². The number of aliphatic carboxylic acids is 1. The third-order valence-electron chi connectivity index (χ3n) is 2.67. The Hall–Kier alpha value is -0.780. The Bertz CT molecular complexity index is 241. The molecule has 1 aliphatic carbocycles. The van der Waals surface area contributed by atoms with Gasteiger partial charge in [-0.3, -0.25) is 4.79 Å². The van der Waals surface area contributed by atoms with Gasteiger partial charge < -0.3 is 10.8 Å². The number of carbonyl (C=O) groups is 1. The van der Waals surface area contributed by atoms with E-state index in [9.17, 15) is 18.0 Å². The van der Waals surface area contributed by atoms with Gasteiger partial charge in [0, 0.05) is 0 Å². The Balaban J connectivity index is 2.74. The van der Waals surface area contributed by atoms with E-state index in [2.05, 4.69) is 0 Å². The first kappa shape index (κ1) is 11.3. The molecule has 0 aliphatic heterocycles. The van der Waals surface area contributed by atoms with Crippen molar-refractivity contribution in [3.63, 3.8) is 0 Å². The first-order valence-electron chi connectivity index (χ1n) is 4.35. The van der Waals surface area contributed by atoms with Gasteiger partial charge in [-0.25, -0.2) is 0 Å². The van der Waals surface area contributed by atoms with Crippen LogP contribution in [0.15, 0.2) is 0 Å². The standard InChI is InChI=1S/C8H12F3NO2/c9-8(10,11)5-2-1-3-7(12,4-5)6(13)14/h5H,1-4,12H2,(H,13,14)/t5-,7+/m0/s1. The molecule has 3 N–H and O–H groups in total. The lowest BCUT2D eigenvalue weighted by atomic mass is 9.76. The summed E-state index contributed by atoms with van der Waals surface area (Å²) in [4.78, 5) is 10.7. The van der Waals surface area contributed by atoms with E-state index in [-0.39, 0.29) is 19.3 Å². The van der Waals surface area contributed by atoms with Crippen LogP contribution in [0.1, 0.15) is 25.7 Å². The van der Waals surface area contributed by atoms with Crippen molar-refractivity contribution in [3.8, 4) is 0 Å². The van der Waals surface area contributed by atoms with Crippen LogP contribution in [0.2, 0.25) is 0 Å². The molecule has 0 radical (unpaired) electrons. The van der Waals surface area contributed by atoms with Crippen LogP contribution in [0.4, 0.5) is 13.2 Å². The summed E-state index contributed by atoms with van der Waals surface area (Å²) in [6, 6.07) is 0. The van der Waals surface area contributed by atoms with Crippen molar-refractivity contribution < 1.29 is 23.1 Å². The van der Waals surface area contributed by atoms with Gasteiger partial charge in [-0.1, -0.05) is 6.42 Å². The van der Waals surface area contributed by atoms with E-state index >= 15 is 0 Å². The molecule has 0 spiro atoms. The number of rotatable bonds is 1. The average molecular weight is 211 g/mol. The highest BCUT2D eigenvalue weighted by Gasteiger charge is 2.49. The lowest BCUT2D eigenvalue weighted by Crippen LogP contribution is -2.53. The van der Waals surface area contributed by atoms with Gasteiger partial charge in [-0.05, 0) is 19.3 Å². The fourth-order valence-corrected chi connectivity index (χ4v) is 1.78. The monoisotopic (exact) mass is 211 g/mol. The molecule has 1 aliphatic rings. The Morgan fingerprint density at radius 2 is 2.07 bits per heavy atom. The number of hydrogen-bond acceptors (Lipinski definition) is 2. The van der Waals surface area contributed by atoms with Gasteiger partial charge in [0.05, 0.1) is 5.92 Å². The van der Waals surface area contributed by atoms with Crippen LogP contribution in [0.25, 0.3) is 0 Å². The van der Waals surface area contributed by atoms with E-state index in [1.807, 2.05) is 0 Å². The fourth-order valence-electron chi connectivity index (χ4n) is 1.78. The van der Waals surface area contributed by atoms with E-state index in [0.717, 1.165) is 0 Å². The van der Waals surface area contributed by atoms with Crippen molar-refractivity contribution in [2.75, 3.05) is 0 Å². The molecule has 0 bridgehead atoms. The van der Waals surface area contributed by atoms with Crippen molar-refractivity contribution in [1.82, 2.24) is 0 Å². The lowest BCUT2D eigenvalue weighted by molar-refractivity contribution is -0.189. The first-order valence-corrected chi connectivity index (χ1v) is 4.35. The van der Waals surface area contributed by atoms with Crippen molar-refractivity contribution in [3.05, 3.63) is 0 Å². The largest absolute Gasteiger partial charge is 0.480 e. The van der Waals surface area contributed by atoms with Crippen molar-refractivity contribution >= 4 is 5.97 Å². The molecule has 0 unspecified atom stereocenters. The van der Waals surface area contributed by atoms with Crippen LogP contribution < -0.4 is 5.73 Å². The van der Waals surface area contributed by atoms with E-state index in [4.69, 9.17) is 10.8 Å². The molecule has 6 heteroatoms. The molecule has 1 fully saturated rings. The molecule has 0 aromatic rings. The number of carboxylic acids is 1. The predicted octanol–water partition coefficient (Wildman–Crippen LogP) is 1.52. The second-order valence-electron chi connectivity index (χ2n) is 3.80. The SMILES string of the molecule is N[C@]1(C(=O)O)CCC[C@H](C(F)(F)F)C1. The Labute approximate surface area is 79.1 Å². The summed E-state index contributed by atoms with van der Waals surface area (Å²) in [6.07, 6.45) is -4.52. The third kappa shape index (κ3) is 2.17. The summed E-state index contributed by atoms with van der Waals surface area (Å²) in [7, 11) is 0. The van der Waals surface area contributed by atoms with Crippen molar-refractivity contribution in [2.24, 2.45) is 11.7 Å². The molecule has 0 amide bonds. The zero-order valence-electron chi connectivity index (χ0n) is 7.47. The number of halogens is 3. The lowest BCUT2D eigenvalue weighted by Gasteiger charge is -2.35. The average Bonchev–Trinajstić information content (AvgIpc) is 2.02. The molecule has 1 saturated carbocycles. The highest BCUT2D eigenvalue weighted by molar-refractivity contribution is 5.78. The van der Waals surface area contributed by atoms with E-state index < -0.39 is 30.0 Å². The summed E-state index contributed by atoms with van der Waals surface area (Å²) in [5.41, 5.74) is 3.69. The van der Waals surface area contributed by atoms with Crippen LogP contribution in [-0.2, 0) is 4.79 Å². The smallest absolute Gasteiger partial charge is 0.391 e. The molecule has 0 saturated heterocycles. The number of hydrogen-bond donors (Lipinski definition) is 2. The topological polar surface area (TPSA) is 63.3 Å². The third-order valence-corrected chi connectivity index (χ3v) is 2.67. The van der Waals surface area contributed by atoms with Gasteiger partial charge in [0.2, 0.25) is 0 Å². The Morgan fingerprint density at radius 3 is 2.50 bits per heavy atom. The minimum atomic E-state index is -4.33. The summed E-state index contributed by atoms with van der Waals surface area (Å²) in [5, 5.41) is 8.69. The van der Waals surface area contributed by atoms with Crippen LogP contribution in [0.5, 0.6) is 0 Å². The van der Waals surface area contributed by atoms with Crippen LogP contribution in [0, 0.1) is 5.92 Å². The molecule has 82 valence electrons. The summed E-state index contributed by atoms with van der Waals surface area (Å²) < 4.78 is 36.9. The van der Waals surface area contributed by atoms with Gasteiger partial charge in [-0.15, -0.1) is 0 Å². The maximum atomic E-state index is 12.3. The van der Waals surface area contributed by atoms with E-state index in [1.54, 1.807) is 0 Å². The molecular formula is C8H12F3NO2. The Morgan fingerprint density at radius 1 is 1.50 bits per heavy atom. The van der Waals surface area contributed by atoms with Crippen LogP contribution in [0.3, 0.4) is 0 Å². The molecule has 2 atom stereocenters. The maximum Gasteiger partial charge on any atom is 0.391 e. The summed E-state index contributed by atoms with van der Waals surface area (Å²) in [5.74, 6) is -2.91. The van der Waals surface area contributed by atoms with E-state index in [1.165, 1.54) is 0 Å². The molecule has 0 aromatic carbocycles. The number of alkyl halides is 3. The minimum absolute atomic E-state index is 0.0181. The molecule has 3 nitrogen and oxygen atoms in total. The normalized spacial score (nSPS) is 34.1. The van der Waals surface area contributed by atoms with Crippen molar-refractivity contribution in [2.45, 2.75) is 37.4 Å². The molecule has 1 rings (SSSR count). The zero-order valence-corrected chi connectivity index (χ0v) is 7.47. The fraction of sp³-hybridized carbons (Fsp3) is 0.875. The van der Waals surface area contributed by atoms with Gasteiger partial charge in [0.15, 0.2) is 0 Å². The quantitative estimate of drug-likeness (QED) is 0.691. The maximum absolute atomic E-state index is 12.3. The summed E-state index contributed by atoms with van der Waals surface area (Å²) >= 11 is 0.